The third-order valence-corrected chi connectivity index (χ3v) is 1.41. The first-order chi connectivity index (χ1) is 4.75. The summed E-state index contributed by atoms with van der Waals surface area (Å²) in [7, 11) is 0. The van der Waals surface area contributed by atoms with E-state index in [2.05, 4.69) is 11.7 Å². The van der Waals surface area contributed by atoms with Crippen LogP contribution in [0.3, 0.4) is 0 Å². The molecule has 0 fully saturated rings. The summed E-state index contributed by atoms with van der Waals surface area (Å²) in [5, 5.41) is 5.21. The second-order valence-corrected chi connectivity index (χ2v) is 2.13. The molecule has 0 atom stereocenters. The van der Waals surface area contributed by atoms with Crippen molar-refractivity contribution in [1.29, 1.82) is 0 Å². The Bertz CT molecular complexity index is 196. The number of allylic oxidation sites excluding steroid dienone is 1. The van der Waals surface area contributed by atoms with Gasteiger partial charge in [-0.25, -0.2) is 5.01 Å². The summed E-state index contributed by atoms with van der Waals surface area (Å²) in [4.78, 5) is 10.9. The monoisotopic (exact) mass is 138 g/mol. The molecule has 0 aromatic rings. The van der Waals surface area contributed by atoms with E-state index in [4.69, 9.17) is 0 Å². The standard InChI is InChI=1S/C7H10N2O/c1-3-6(2)9-7(10)4-5-8-9/h5H,2-4H2,1H3. The predicted octanol–water partition coefficient (Wildman–Crippen LogP) is 1.13. The Kier molecular flexibility index (Phi) is 1.85. The first kappa shape index (κ1) is 6.99. The van der Waals surface area contributed by atoms with Crippen LogP contribution in [-0.4, -0.2) is 17.1 Å². The van der Waals surface area contributed by atoms with Crippen molar-refractivity contribution in [3.05, 3.63) is 12.3 Å². The van der Waals surface area contributed by atoms with Crippen LogP contribution in [0.15, 0.2) is 17.4 Å². The summed E-state index contributed by atoms with van der Waals surface area (Å²) in [5.41, 5.74) is 0.763. The minimum Gasteiger partial charge on any atom is -0.272 e. The van der Waals surface area contributed by atoms with Crippen molar-refractivity contribution < 1.29 is 4.79 Å². The highest BCUT2D eigenvalue weighted by molar-refractivity contribution is 5.94. The SMILES string of the molecule is C=C(CC)N1N=CCC1=O. The lowest BCUT2D eigenvalue weighted by Crippen LogP contribution is -2.18. The Morgan fingerprint density at radius 1 is 2.00 bits per heavy atom. The van der Waals surface area contributed by atoms with E-state index < -0.39 is 0 Å². The van der Waals surface area contributed by atoms with Crippen molar-refractivity contribution in [3.63, 3.8) is 0 Å². The Labute approximate surface area is 60.0 Å². The average molecular weight is 138 g/mol. The molecule has 0 aliphatic carbocycles. The third kappa shape index (κ3) is 1.07. The molecule has 1 aliphatic rings. The smallest absolute Gasteiger partial charge is 0.252 e. The van der Waals surface area contributed by atoms with Crippen LogP contribution in [0.4, 0.5) is 0 Å². The number of hydrogen-bond donors (Lipinski definition) is 0. The van der Waals surface area contributed by atoms with Gasteiger partial charge in [0.25, 0.3) is 5.91 Å². The van der Waals surface area contributed by atoms with Crippen molar-refractivity contribution in [3.8, 4) is 0 Å². The molecule has 0 saturated heterocycles. The van der Waals surface area contributed by atoms with Crippen LogP contribution in [0.5, 0.6) is 0 Å². The molecule has 54 valence electrons. The van der Waals surface area contributed by atoms with E-state index in [1.807, 2.05) is 6.92 Å². The lowest BCUT2D eigenvalue weighted by molar-refractivity contribution is -0.126. The van der Waals surface area contributed by atoms with Crippen molar-refractivity contribution in [2.75, 3.05) is 0 Å². The van der Waals surface area contributed by atoms with Crippen LogP contribution in [0, 0.1) is 0 Å². The Morgan fingerprint density at radius 3 is 3.10 bits per heavy atom. The zero-order chi connectivity index (χ0) is 7.56. The van der Waals surface area contributed by atoms with E-state index in [0.717, 1.165) is 12.1 Å². The molecule has 0 unspecified atom stereocenters. The van der Waals surface area contributed by atoms with E-state index >= 15 is 0 Å². The van der Waals surface area contributed by atoms with Gasteiger partial charge in [0, 0.05) is 11.9 Å². The van der Waals surface area contributed by atoms with Gasteiger partial charge in [-0.15, -0.1) is 0 Å². The van der Waals surface area contributed by atoms with Gasteiger partial charge in [-0.1, -0.05) is 13.5 Å². The number of nitrogens with zero attached hydrogens (tertiary/aromatic N) is 2. The molecule has 0 bridgehead atoms. The van der Waals surface area contributed by atoms with Crippen LogP contribution >= 0.6 is 0 Å². The first-order valence-corrected chi connectivity index (χ1v) is 3.29. The highest BCUT2D eigenvalue weighted by Gasteiger charge is 2.17. The summed E-state index contributed by atoms with van der Waals surface area (Å²) >= 11 is 0. The highest BCUT2D eigenvalue weighted by Crippen LogP contribution is 2.11. The van der Waals surface area contributed by atoms with Crippen molar-refractivity contribution in [1.82, 2.24) is 5.01 Å². The van der Waals surface area contributed by atoms with Crippen LogP contribution < -0.4 is 0 Å². The normalized spacial score (nSPS) is 16.5. The summed E-state index contributed by atoms with van der Waals surface area (Å²) in [6.07, 6.45) is 2.78. The van der Waals surface area contributed by atoms with Gasteiger partial charge >= 0.3 is 0 Å². The lowest BCUT2D eigenvalue weighted by atomic mass is 10.3. The van der Waals surface area contributed by atoms with Gasteiger partial charge in [0.2, 0.25) is 0 Å². The second-order valence-electron chi connectivity index (χ2n) is 2.13. The molecule has 0 N–H and O–H groups in total. The van der Waals surface area contributed by atoms with E-state index in [9.17, 15) is 4.79 Å². The number of carbonyl (C=O) groups excluding carboxylic acids is 1. The Balaban J connectivity index is 2.64. The van der Waals surface area contributed by atoms with Crippen LogP contribution in [0.1, 0.15) is 19.8 Å². The summed E-state index contributed by atoms with van der Waals surface area (Å²) in [6.45, 7) is 5.64. The summed E-state index contributed by atoms with van der Waals surface area (Å²) < 4.78 is 0. The quantitative estimate of drug-likeness (QED) is 0.563. The minimum absolute atomic E-state index is 0.0202. The van der Waals surface area contributed by atoms with Crippen LogP contribution in [0.2, 0.25) is 0 Å². The number of rotatable bonds is 2. The zero-order valence-corrected chi connectivity index (χ0v) is 6.00. The summed E-state index contributed by atoms with van der Waals surface area (Å²) in [6, 6.07) is 0. The topological polar surface area (TPSA) is 32.7 Å². The fourth-order valence-corrected chi connectivity index (χ4v) is 0.759. The molecule has 1 heterocycles. The molecular weight excluding hydrogens is 128 g/mol. The van der Waals surface area contributed by atoms with E-state index in [1.54, 1.807) is 6.21 Å². The van der Waals surface area contributed by atoms with Gasteiger partial charge in [0.15, 0.2) is 0 Å². The van der Waals surface area contributed by atoms with Gasteiger partial charge in [0.1, 0.15) is 0 Å². The maximum absolute atomic E-state index is 10.9. The Morgan fingerprint density at radius 2 is 2.70 bits per heavy atom. The average Bonchev–Trinajstić information content (AvgIpc) is 2.34. The molecule has 0 aromatic carbocycles. The summed E-state index contributed by atoms with van der Waals surface area (Å²) in [5.74, 6) is 0.0202. The molecule has 1 amide bonds. The third-order valence-electron chi connectivity index (χ3n) is 1.41. The number of hydrazone groups is 1. The maximum Gasteiger partial charge on any atom is 0.252 e. The molecule has 0 radical (unpaired) electrons. The Hall–Kier alpha value is -1.12. The van der Waals surface area contributed by atoms with Crippen molar-refractivity contribution in [2.45, 2.75) is 19.8 Å². The fourth-order valence-electron chi connectivity index (χ4n) is 0.759. The lowest BCUT2D eigenvalue weighted by Gasteiger charge is -2.11. The molecule has 3 heteroatoms. The fraction of sp³-hybridized carbons (Fsp3) is 0.429. The van der Waals surface area contributed by atoms with Crippen molar-refractivity contribution >= 4 is 12.1 Å². The van der Waals surface area contributed by atoms with E-state index in [-0.39, 0.29) is 5.91 Å². The second kappa shape index (κ2) is 2.64. The van der Waals surface area contributed by atoms with Crippen LogP contribution in [-0.2, 0) is 4.79 Å². The molecule has 0 aromatic heterocycles. The van der Waals surface area contributed by atoms with Crippen molar-refractivity contribution in [2.24, 2.45) is 5.10 Å². The molecule has 3 nitrogen and oxygen atoms in total. The maximum atomic E-state index is 10.9. The zero-order valence-electron chi connectivity index (χ0n) is 6.00. The molecule has 1 rings (SSSR count). The van der Waals surface area contributed by atoms with E-state index in [0.29, 0.717) is 6.42 Å². The number of amides is 1. The number of hydrogen-bond acceptors (Lipinski definition) is 2. The van der Waals surface area contributed by atoms with Gasteiger partial charge in [-0.05, 0) is 6.42 Å². The minimum atomic E-state index is 0.0202. The van der Waals surface area contributed by atoms with Gasteiger partial charge in [0.05, 0.1) is 6.42 Å². The van der Waals surface area contributed by atoms with E-state index in [1.165, 1.54) is 5.01 Å². The number of carbonyl (C=O) groups is 1. The predicted molar refractivity (Wildman–Crippen MR) is 39.4 cm³/mol. The molecule has 10 heavy (non-hydrogen) atoms. The molecular formula is C7H10N2O. The van der Waals surface area contributed by atoms with Gasteiger partial charge in [-0.3, -0.25) is 4.79 Å². The van der Waals surface area contributed by atoms with Crippen LogP contribution in [0.25, 0.3) is 0 Å². The first-order valence-electron chi connectivity index (χ1n) is 3.29. The highest BCUT2D eigenvalue weighted by atomic mass is 16.2. The molecule has 0 saturated carbocycles. The van der Waals surface area contributed by atoms with Gasteiger partial charge < -0.3 is 0 Å². The molecule has 0 spiro atoms. The molecule has 1 aliphatic heterocycles. The largest absolute Gasteiger partial charge is 0.272 e. The van der Waals surface area contributed by atoms with Gasteiger partial charge in [-0.2, -0.15) is 5.10 Å².